The van der Waals surface area contributed by atoms with Gasteiger partial charge in [-0.25, -0.2) is 0 Å². The molecule has 26 rings (SSSR count). The van der Waals surface area contributed by atoms with E-state index in [1.807, 2.05) is 0 Å². The summed E-state index contributed by atoms with van der Waals surface area (Å²) in [5.74, 6) is 0. The molecule has 0 unspecified atom stereocenters. The third kappa shape index (κ3) is 17.2. The first-order valence-electron chi connectivity index (χ1n) is 50.6. The van der Waals surface area contributed by atoms with E-state index in [0.29, 0.717) is 0 Å². The van der Waals surface area contributed by atoms with Crippen molar-refractivity contribution in [1.29, 1.82) is 0 Å². The lowest BCUT2D eigenvalue weighted by atomic mass is 9.78. The average Bonchev–Trinajstić information content (AvgIpc) is 0.700. The summed E-state index contributed by atoms with van der Waals surface area (Å²) in [5.41, 5.74) is 45.4. The molecule has 26 aromatic rings. The minimum atomic E-state index is 1.16. The van der Waals surface area contributed by atoms with E-state index >= 15 is 0 Å². The number of fused-ring (bicyclic) bond motifs is 6. The summed E-state index contributed by atoms with van der Waals surface area (Å²) in [7, 11) is 0. The van der Waals surface area contributed by atoms with Gasteiger partial charge in [0.25, 0.3) is 0 Å². The van der Waals surface area contributed by atoms with Gasteiger partial charge in [0.05, 0.1) is 0 Å². The first-order chi connectivity index (χ1) is 72.2. The Labute approximate surface area is 853 Å². The number of rotatable bonds is 18. The van der Waals surface area contributed by atoms with E-state index in [9.17, 15) is 0 Å². The fourth-order valence-corrected chi connectivity index (χ4v) is 22.2. The largest absolute Gasteiger partial charge is 0.0622 e. The van der Waals surface area contributed by atoms with E-state index in [1.165, 1.54) is 259 Å². The van der Waals surface area contributed by atoms with Crippen molar-refractivity contribution in [3.05, 3.63) is 581 Å². The Morgan fingerprint density at radius 1 is 0.0959 bits per heavy atom. The third-order valence-corrected chi connectivity index (χ3v) is 29.5. The molecule has 0 N–H and O–H groups in total. The van der Waals surface area contributed by atoms with Crippen molar-refractivity contribution < 1.29 is 0 Å². The van der Waals surface area contributed by atoms with Crippen molar-refractivity contribution >= 4 is 64.6 Å². The highest BCUT2D eigenvalue weighted by Crippen LogP contribution is 2.57. The molecule has 0 heterocycles. The van der Waals surface area contributed by atoms with Gasteiger partial charge in [0, 0.05) is 0 Å². The van der Waals surface area contributed by atoms with Crippen LogP contribution in [0.25, 0.3) is 265 Å². The molecule has 146 heavy (non-hydrogen) atoms. The van der Waals surface area contributed by atoms with Crippen LogP contribution in [0.1, 0.15) is 11.1 Å². The van der Waals surface area contributed by atoms with E-state index in [4.69, 9.17) is 0 Å². The summed E-state index contributed by atoms with van der Waals surface area (Å²) in [6, 6.07) is 211. The van der Waals surface area contributed by atoms with Crippen LogP contribution in [-0.4, -0.2) is 0 Å². The predicted molar refractivity (Wildman–Crippen MR) is 625 cm³/mol. The Morgan fingerprint density at radius 2 is 0.253 bits per heavy atom. The summed E-state index contributed by atoms with van der Waals surface area (Å²) < 4.78 is 0. The summed E-state index contributed by atoms with van der Waals surface area (Å²) in [5, 5.41) is 14.6. The molecule has 0 aromatic heterocycles. The predicted octanol–water partition coefficient (Wildman–Crippen LogP) is 40.9. The molecule has 0 bridgehead atoms. The van der Waals surface area contributed by atoms with Gasteiger partial charge in [-0.3, -0.25) is 0 Å². The van der Waals surface area contributed by atoms with Gasteiger partial charge in [-0.15, -0.1) is 0 Å². The average molecular weight is 1850 g/mol. The lowest BCUT2D eigenvalue weighted by Crippen LogP contribution is -1.98. The van der Waals surface area contributed by atoms with Crippen LogP contribution < -0.4 is 0 Å². The first kappa shape index (κ1) is 88.7. The Balaban J connectivity index is 0.000000154. The zero-order valence-corrected chi connectivity index (χ0v) is 81.3. The second-order valence-corrected chi connectivity index (χ2v) is 38.5. The maximum atomic E-state index is 2.51. The molecule has 0 aliphatic rings. The minimum Gasteiger partial charge on any atom is -0.0622 e. The van der Waals surface area contributed by atoms with Gasteiger partial charge in [-0.05, 0) is 327 Å². The van der Waals surface area contributed by atoms with Crippen LogP contribution >= 0.6 is 0 Å². The number of benzene rings is 26. The monoisotopic (exact) mass is 1850 g/mol. The summed E-state index contributed by atoms with van der Waals surface area (Å²) in [6.45, 7) is 4.37. The van der Waals surface area contributed by atoms with Gasteiger partial charge >= 0.3 is 0 Å². The topological polar surface area (TPSA) is 0 Å². The second kappa shape index (κ2) is 39.1. The molecule has 0 amide bonds. The van der Waals surface area contributed by atoms with Crippen LogP contribution in [0.5, 0.6) is 0 Å². The molecule has 0 atom stereocenters. The lowest BCUT2D eigenvalue weighted by Gasteiger charge is -2.25. The van der Waals surface area contributed by atoms with Crippen molar-refractivity contribution in [2.45, 2.75) is 13.8 Å². The molecule has 0 radical (unpaired) electrons. The van der Waals surface area contributed by atoms with Gasteiger partial charge in [-0.1, -0.05) is 533 Å². The van der Waals surface area contributed by atoms with E-state index in [2.05, 4.69) is 584 Å². The van der Waals surface area contributed by atoms with Crippen molar-refractivity contribution in [1.82, 2.24) is 0 Å². The maximum absolute atomic E-state index is 2.51. The standard InChI is InChI=1S/C78H52.C68H48/c1-7-19-53(20-8-1)59-31-39-63(40-32-59)71-50-68(58-29-17-6-18-30-58)51-72-76(66-45-37-62(38-46-66)56-25-13-4-14-26-56)78-73(75(77(71)72)65-43-35-61(36-44-65)55-23-11-3-12-24-55)52-69-49-67(57-27-15-5-16-28-57)47-48-70(69)74(78)64-41-33-60(34-42-64)54-21-9-2-10-22-54;1-45-23-27-54(28-24-45)65-63-44-59-41-57(49-19-11-5-12-20-49)39-40-60(59)64(56-37-33-52(34-38-56)48-17-9-4-10-18-48)68(63)66(55-29-25-46(2)26-30-55)62-43-58(50-21-13-6-14-22-50)42-61(67(62)65)53-35-31-51(32-36-53)47-15-7-3-8-16-47/h1-52H;3-44H,1-2H3. The second-order valence-electron chi connectivity index (χ2n) is 38.5. The van der Waals surface area contributed by atoms with Crippen LogP contribution in [-0.2, 0) is 0 Å². The summed E-state index contributed by atoms with van der Waals surface area (Å²) >= 11 is 0. The molecule has 0 spiro atoms. The Kier molecular flexibility index (Phi) is 23.7. The van der Waals surface area contributed by atoms with Gasteiger partial charge < -0.3 is 0 Å². The highest BCUT2D eigenvalue weighted by Gasteiger charge is 2.30. The number of hydrogen-bond donors (Lipinski definition) is 0. The Bertz CT molecular complexity index is 9270. The third-order valence-electron chi connectivity index (χ3n) is 29.5. The molecule has 0 saturated carbocycles. The smallest absolute Gasteiger partial charge is 0.000763 e. The van der Waals surface area contributed by atoms with E-state index in [1.54, 1.807) is 0 Å². The Morgan fingerprint density at radius 3 is 0.479 bits per heavy atom. The summed E-state index contributed by atoms with van der Waals surface area (Å²) in [4.78, 5) is 0. The van der Waals surface area contributed by atoms with Gasteiger partial charge in [-0.2, -0.15) is 0 Å². The number of hydrogen-bond acceptors (Lipinski definition) is 0. The van der Waals surface area contributed by atoms with Crippen molar-refractivity contribution in [2.75, 3.05) is 0 Å². The van der Waals surface area contributed by atoms with Crippen LogP contribution in [0.2, 0.25) is 0 Å². The molecule has 0 fully saturated rings. The van der Waals surface area contributed by atoms with Crippen LogP contribution in [0, 0.1) is 13.8 Å². The lowest BCUT2D eigenvalue weighted by molar-refractivity contribution is 1.47. The zero-order valence-electron chi connectivity index (χ0n) is 81.3. The molecule has 26 aromatic carbocycles. The first-order valence-corrected chi connectivity index (χ1v) is 50.6. The van der Waals surface area contributed by atoms with E-state index in [-0.39, 0.29) is 0 Å². The molecular formula is C146H100. The van der Waals surface area contributed by atoms with Crippen molar-refractivity contribution in [2.24, 2.45) is 0 Å². The molecular weight excluding hydrogens is 1750 g/mol. The fraction of sp³-hybridized carbons (Fsp3) is 0.0137. The van der Waals surface area contributed by atoms with Gasteiger partial charge in [0.15, 0.2) is 0 Å². The minimum absolute atomic E-state index is 1.16. The van der Waals surface area contributed by atoms with Crippen molar-refractivity contribution in [3.63, 3.8) is 0 Å². The van der Waals surface area contributed by atoms with Gasteiger partial charge in [0.2, 0.25) is 0 Å². The highest BCUT2D eigenvalue weighted by molar-refractivity contribution is 6.34. The molecule has 0 nitrogen and oxygen atoms in total. The molecule has 684 valence electrons. The molecule has 0 saturated heterocycles. The maximum Gasteiger partial charge on any atom is -0.000763 e. The zero-order chi connectivity index (χ0) is 97.3. The fourth-order valence-electron chi connectivity index (χ4n) is 22.2. The van der Waals surface area contributed by atoms with Crippen LogP contribution in [0.4, 0.5) is 0 Å². The summed E-state index contributed by atoms with van der Waals surface area (Å²) in [6.07, 6.45) is 0. The SMILES string of the molecule is Cc1ccc(-c2c3cc4cc(-c5ccccc5)ccc4c(-c4ccc(-c5ccccc5)cc4)c3c(-c3ccc(C)cc3)c3cc(-c4ccccc4)cc(-c4ccc(-c5ccccc5)cc4)c23)cc1.c1ccc(-c2ccc(-c3cc(-c4ccccc4)cc4c(-c5ccc(-c6ccccc6)cc5)c5c(-c6ccc(-c7ccccc7)cc6)c6ccc(-c7ccccc7)cc6cc5c(-c5ccc(-c6ccccc6)cc5)c34)cc2)cc1. The molecule has 0 aliphatic heterocycles. The van der Waals surface area contributed by atoms with E-state index < -0.39 is 0 Å². The number of aryl methyl sites for hydroxylation is 2. The van der Waals surface area contributed by atoms with Crippen LogP contribution in [0.15, 0.2) is 570 Å². The molecule has 0 heteroatoms. The molecule has 0 aliphatic carbocycles. The quantitative estimate of drug-likeness (QED) is 0.0751. The van der Waals surface area contributed by atoms with E-state index in [0.717, 1.165) is 16.7 Å². The normalized spacial score (nSPS) is 11.4. The van der Waals surface area contributed by atoms with Gasteiger partial charge in [0.1, 0.15) is 0 Å². The Hall–Kier alpha value is -18.7. The van der Waals surface area contributed by atoms with Crippen LogP contribution in [0.3, 0.4) is 0 Å². The highest BCUT2D eigenvalue weighted by atomic mass is 14.3. The van der Waals surface area contributed by atoms with Crippen molar-refractivity contribution in [3.8, 4) is 200 Å².